The molecule has 3 nitrogen and oxygen atoms in total. The van der Waals surface area contributed by atoms with Gasteiger partial charge in [0.25, 0.3) is 0 Å². The molecule has 0 radical (unpaired) electrons. The van der Waals surface area contributed by atoms with Crippen LogP contribution in [0.15, 0.2) is 18.2 Å². The van der Waals surface area contributed by atoms with E-state index >= 15 is 0 Å². The summed E-state index contributed by atoms with van der Waals surface area (Å²) in [5.41, 5.74) is 0.779. The number of hydrogen-bond acceptors (Lipinski definition) is 3. The van der Waals surface area contributed by atoms with E-state index in [2.05, 4.69) is 0 Å². The zero-order chi connectivity index (χ0) is 13.1. The van der Waals surface area contributed by atoms with Gasteiger partial charge in [-0.2, -0.15) is 0 Å². The normalized spacial score (nSPS) is 11.1. The molecule has 1 rings (SSSR count). The molecule has 0 spiro atoms. The minimum atomic E-state index is -0.708. The summed E-state index contributed by atoms with van der Waals surface area (Å²) in [5, 5.41) is 0.525. The van der Waals surface area contributed by atoms with Gasteiger partial charge in [0.15, 0.2) is 0 Å². The second kappa shape index (κ2) is 5.41. The third kappa shape index (κ3) is 3.93. The Labute approximate surface area is 107 Å². The van der Waals surface area contributed by atoms with Crippen LogP contribution in [0.3, 0.4) is 0 Å². The highest BCUT2D eigenvalue weighted by molar-refractivity contribution is 6.30. The minimum absolute atomic E-state index is 0.133. The van der Waals surface area contributed by atoms with Crippen LogP contribution in [0.25, 0.3) is 0 Å². The molecule has 0 aliphatic carbocycles. The van der Waals surface area contributed by atoms with E-state index in [1.165, 1.54) is 0 Å². The van der Waals surface area contributed by atoms with Crippen molar-refractivity contribution in [2.24, 2.45) is 0 Å². The van der Waals surface area contributed by atoms with Gasteiger partial charge < -0.3 is 9.47 Å². The van der Waals surface area contributed by atoms with Gasteiger partial charge in [0.2, 0.25) is 0 Å². The minimum Gasteiger partial charge on any atom is -0.434 e. The van der Waals surface area contributed by atoms with Crippen molar-refractivity contribution >= 4 is 17.8 Å². The van der Waals surface area contributed by atoms with Gasteiger partial charge in [0.05, 0.1) is 6.61 Å². The smallest absolute Gasteiger partial charge is 0.434 e. The monoisotopic (exact) mass is 256 g/mol. The predicted molar refractivity (Wildman–Crippen MR) is 67.8 cm³/mol. The van der Waals surface area contributed by atoms with Crippen LogP contribution < -0.4 is 4.74 Å². The molecule has 94 valence electrons. The maximum atomic E-state index is 11.3. The number of carbonyl (C=O) groups is 1. The Morgan fingerprint density at radius 1 is 1.35 bits per heavy atom. The van der Waals surface area contributed by atoms with E-state index in [-0.39, 0.29) is 12.0 Å². The van der Waals surface area contributed by atoms with Gasteiger partial charge in [0.1, 0.15) is 5.75 Å². The SMILES string of the molecule is CCOC(=O)Oc1cc(Cl)ccc1C(C)(C)C. The average molecular weight is 257 g/mol. The van der Waals surface area contributed by atoms with E-state index in [1.54, 1.807) is 19.1 Å². The van der Waals surface area contributed by atoms with Gasteiger partial charge in [-0.15, -0.1) is 0 Å². The van der Waals surface area contributed by atoms with Crippen molar-refractivity contribution in [1.82, 2.24) is 0 Å². The summed E-state index contributed by atoms with van der Waals surface area (Å²) in [4.78, 5) is 11.3. The summed E-state index contributed by atoms with van der Waals surface area (Å²) in [6.07, 6.45) is -0.708. The van der Waals surface area contributed by atoms with Gasteiger partial charge in [-0.25, -0.2) is 4.79 Å². The first-order valence-electron chi connectivity index (χ1n) is 5.49. The van der Waals surface area contributed by atoms with Crippen LogP contribution in [-0.4, -0.2) is 12.8 Å². The van der Waals surface area contributed by atoms with Gasteiger partial charge in [-0.05, 0) is 24.5 Å². The van der Waals surface area contributed by atoms with Crippen LogP contribution in [0.2, 0.25) is 5.02 Å². The molecule has 1 aromatic rings. The van der Waals surface area contributed by atoms with Gasteiger partial charge >= 0.3 is 6.16 Å². The highest BCUT2D eigenvalue weighted by Gasteiger charge is 2.21. The van der Waals surface area contributed by atoms with Crippen LogP contribution in [0.4, 0.5) is 4.79 Å². The van der Waals surface area contributed by atoms with Crippen molar-refractivity contribution in [2.45, 2.75) is 33.1 Å². The summed E-state index contributed by atoms with van der Waals surface area (Å²) < 4.78 is 9.90. The molecule has 0 N–H and O–H groups in total. The average Bonchev–Trinajstić information content (AvgIpc) is 2.15. The third-order valence-electron chi connectivity index (χ3n) is 2.21. The van der Waals surface area contributed by atoms with Crippen LogP contribution in [-0.2, 0) is 10.2 Å². The van der Waals surface area contributed by atoms with Crippen molar-refractivity contribution in [2.75, 3.05) is 6.61 Å². The van der Waals surface area contributed by atoms with Gasteiger partial charge in [-0.1, -0.05) is 38.4 Å². The topological polar surface area (TPSA) is 35.5 Å². The lowest BCUT2D eigenvalue weighted by Gasteiger charge is -2.22. The van der Waals surface area contributed by atoms with E-state index in [4.69, 9.17) is 21.1 Å². The fraction of sp³-hybridized carbons (Fsp3) is 0.462. The summed E-state index contributed by atoms with van der Waals surface area (Å²) >= 11 is 5.90. The summed E-state index contributed by atoms with van der Waals surface area (Å²) in [5.74, 6) is 0.448. The van der Waals surface area contributed by atoms with Crippen LogP contribution in [0.1, 0.15) is 33.3 Å². The van der Waals surface area contributed by atoms with E-state index < -0.39 is 6.16 Å². The molecule has 0 atom stereocenters. The molecule has 4 heteroatoms. The number of benzene rings is 1. The van der Waals surface area contributed by atoms with Crippen molar-refractivity contribution in [3.63, 3.8) is 0 Å². The van der Waals surface area contributed by atoms with Gasteiger partial charge in [-0.3, -0.25) is 0 Å². The highest BCUT2D eigenvalue weighted by atomic mass is 35.5. The lowest BCUT2D eigenvalue weighted by molar-refractivity contribution is 0.103. The fourth-order valence-electron chi connectivity index (χ4n) is 1.44. The molecular weight excluding hydrogens is 240 g/mol. The lowest BCUT2D eigenvalue weighted by atomic mass is 9.86. The fourth-order valence-corrected chi connectivity index (χ4v) is 1.60. The van der Waals surface area contributed by atoms with Crippen molar-refractivity contribution in [1.29, 1.82) is 0 Å². The standard InChI is InChI=1S/C13H17ClO3/c1-5-16-12(15)17-11-8-9(14)6-7-10(11)13(2,3)4/h6-8H,5H2,1-4H3. The first-order chi connectivity index (χ1) is 7.84. The summed E-state index contributed by atoms with van der Waals surface area (Å²) in [7, 11) is 0. The third-order valence-corrected chi connectivity index (χ3v) is 2.44. The maximum Gasteiger partial charge on any atom is 0.513 e. The summed E-state index contributed by atoms with van der Waals surface area (Å²) in [6.45, 7) is 8.12. The Bertz CT molecular complexity index is 408. The van der Waals surface area contributed by atoms with Crippen molar-refractivity contribution in [3.8, 4) is 5.75 Å². The number of hydrogen-bond donors (Lipinski definition) is 0. The molecule has 0 amide bonds. The molecule has 0 saturated carbocycles. The highest BCUT2D eigenvalue weighted by Crippen LogP contribution is 2.33. The second-order valence-electron chi connectivity index (χ2n) is 4.68. The van der Waals surface area contributed by atoms with Crippen LogP contribution in [0, 0.1) is 0 Å². The van der Waals surface area contributed by atoms with Gasteiger partial charge in [0, 0.05) is 10.6 Å². The Hall–Kier alpha value is -1.22. The number of halogens is 1. The Morgan fingerprint density at radius 3 is 2.53 bits per heavy atom. The summed E-state index contributed by atoms with van der Waals surface area (Å²) in [6, 6.07) is 5.26. The largest absolute Gasteiger partial charge is 0.513 e. The zero-order valence-corrected chi connectivity index (χ0v) is 11.3. The van der Waals surface area contributed by atoms with E-state index in [1.807, 2.05) is 26.8 Å². The maximum absolute atomic E-state index is 11.3. The predicted octanol–water partition coefficient (Wildman–Crippen LogP) is 4.17. The van der Waals surface area contributed by atoms with Crippen LogP contribution in [0.5, 0.6) is 5.75 Å². The van der Waals surface area contributed by atoms with E-state index in [0.29, 0.717) is 10.8 Å². The Balaban J connectivity index is 3.04. The Morgan fingerprint density at radius 2 is 2.00 bits per heavy atom. The second-order valence-corrected chi connectivity index (χ2v) is 5.11. The lowest BCUT2D eigenvalue weighted by Crippen LogP contribution is -2.17. The first kappa shape index (κ1) is 13.8. The Kier molecular flexibility index (Phi) is 4.40. The molecule has 17 heavy (non-hydrogen) atoms. The molecule has 1 aromatic carbocycles. The van der Waals surface area contributed by atoms with Crippen LogP contribution >= 0.6 is 11.6 Å². The van der Waals surface area contributed by atoms with Crippen molar-refractivity contribution in [3.05, 3.63) is 28.8 Å². The van der Waals surface area contributed by atoms with E-state index in [9.17, 15) is 4.79 Å². The quantitative estimate of drug-likeness (QED) is 0.588. The number of carbonyl (C=O) groups excluding carboxylic acids is 1. The number of ether oxygens (including phenoxy) is 2. The molecule has 0 fully saturated rings. The molecule has 0 unspecified atom stereocenters. The number of rotatable bonds is 2. The zero-order valence-electron chi connectivity index (χ0n) is 10.5. The molecule has 0 heterocycles. The molecule has 0 saturated heterocycles. The first-order valence-corrected chi connectivity index (χ1v) is 5.87. The molecular formula is C13H17ClO3. The molecule has 0 aromatic heterocycles. The molecule has 0 aliphatic heterocycles. The molecule has 0 aliphatic rings. The van der Waals surface area contributed by atoms with Crippen molar-refractivity contribution < 1.29 is 14.3 Å². The molecule has 0 bridgehead atoms. The van der Waals surface area contributed by atoms with E-state index in [0.717, 1.165) is 5.56 Å².